The summed E-state index contributed by atoms with van der Waals surface area (Å²) in [7, 11) is 3.17. The van der Waals surface area contributed by atoms with Crippen LogP contribution >= 0.6 is 0 Å². The highest BCUT2D eigenvalue weighted by Gasteiger charge is 2.30. The summed E-state index contributed by atoms with van der Waals surface area (Å²) in [6.45, 7) is 5.37. The van der Waals surface area contributed by atoms with E-state index < -0.39 is 0 Å². The highest BCUT2D eigenvalue weighted by Crippen LogP contribution is 2.20. The predicted molar refractivity (Wildman–Crippen MR) is 120 cm³/mol. The Morgan fingerprint density at radius 3 is 2.52 bits per heavy atom. The number of likely N-dealkylation sites (tertiary alicyclic amines) is 2. The van der Waals surface area contributed by atoms with Crippen LogP contribution in [0.5, 0.6) is 5.75 Å². The Morgan fingerprint density at radius 2 is 1.84 bits per heavy atom. The molecule has 8 heteroatoms. The van der Waals surface area contributed by atoms with Gasteiger partial charge in [-0.15, -0.1) is 0 Å². The Morgan fingerprint density at radius 1 is 1.10 bits per heavy atom. The fraction of sp³-hybridized carbons (Fsp3) is 0.652. The molecular formula is C23H36N4O4. The van der Waals surface area contributed by atoms with Gasteiger partial charge in [-0.2, -0.15) is 0 Å². The molecule has 0 saturated carbocycles. The van der Waals surface area contributed by atoms with Gasteiger partial charge < -0.3 is 29.5 Å². The summed E-state index contributed by atoms with van der Waals surface area (Å²) < 4.78 is 10.3. The van der Waals surface area contributed by atoms with Crippen LogP contribution in [-0.4, -0.2) is 92.8 Å². The molecule has 2 heterocycles. The monoisotopic (exact) mass is 432 g/mol. The zero-order chi connectivity index (χ0) is 22.1. The predicted octanol–water partition coefficient (Wildman–Crippen LogP) is 2.65. The highest BCUT2D eigenvalue weighted by molar-refractivity contribution is 5.89. The maximum Gasteiger partial charge on any atom is 0.321 e. The molecule has 3 amide bonds. The van der Waals surface area contributed by atoms with Gasteiger partial charge in [0.1, 0.15) is 12.4 Å². The molecule has 0 aliphatic carbocycles. The first-order chi connectivity index (χ1) is 15.1. The molecule has 2 aliphatic rings. The molecule has 0 radical (unpaired) electrons. The quantitative estimate of drug-likeness (QED) is 0.649. The van der Waals surface area contributed by atoms with Crippen molar-refractivity contribution in [3.8, 4) is 5.75 Å². The average Bonchev–Trinajstić information content (AvgIpc) is 3.31. The second-order valence-corrected chi connectivity index (χ2v) is 8.32. The normalized spacial score (nSPS) is 19.3. The van der Waals surface area contributed by atoms with Crippen molar-refractivity contribution in [3.05, 3.63) is 24.3 Å². The fourth-order valence-electron chi connectivity index (χ4n) is 4.46. The van der Waals surface area contributed by atoms with Crippen LogP contribution in [0.4, 0.5) is 10.5 Å². The minimum atomic E-state index is -0.133. The van der Waals surface area contributed by atoms with Crippen LogP contribution in [0.3, 0.4) is 0 Å². The number of benzene rings is 1. The molecule has 1 aromatic rings. The molecule has 2 aliphatic heterocycles. The van der Waals surface area contributed by atoms with Crippen LogP contribution in [0.25, 0.3) is 0 Å². The van der Waals surface area contributed by atoms with E-state index in [4.69, 9.17) is 9.47 Å². The summed E-state index contributed by atoms with van der Waals surface area (Å²) in [6.07, 6.45) is 5.28. The first kappa shape index (κ1) is 23.3. The number of nitrogens with one attached hydrogen (secondary N) is 1. The Kier molecular flexibility index (Phi) is 8.97. The lowest BCUT2D eigenvalue weighted by molar-refractivity contribution is -0.138. The summed E-state index contributed by atoms with van der Waals surface area (Å²) in [4.78, 5) is 31.8. The number of hydrogen-bond acceptors (Lipinski definition) is 5. The number of amides is 3. The third-order valence-electron chi connectivity index (χ3n) is 6.13. The van der Waals surface area contributed by atoms with Gasteiger partial charge in [-0.3, -0.25) is 4.79 Å². The molecule has 1 N–H and O–H groups in total. The van der Waals surface area contributed by atoms with Gasteiger partial charge in [0.25, 0.3) is 0 Å². The molecule has 31 heavy (non-hydrogen) atoms. The van der Waals surface area contributed by atoms with Crippen LogP contribution in [0.15, 0.2) is 24.3 Å². The van der Waals surface area contributed by atoms with Crippen molar-refractivity contribution in [1.29, 1.82) is 0 Å². The van der Waals surface area contributed by atoms with E-state index in [1.807, 2.05) is 34.1 Å². The lowest BCUT2D eigenvalue weighted by Crippen LogP contribution is -2.53. The van der Waals surface area contributed by atoms with E-state index in [9.17, 15) is 9.59 Å². The number of ether oxygens (including phenoxy) is 2. The molecule has 2 fully saturated rings. The zero-order valence-corrected chi connectivity index (χ0v) is 18.8. The number of nitrogens with zero attached hydrogens (tertiary/aromatic N) is 3. The second-order valence-electron chi connectivity index (χ2n) is 8.32. The first-order valence-electron chi connectivity index (χ1n) is 11.3. The number of carbonyl (C=O) groups excluding carboxylic acids is 2. The molecule has 3 rings (SSSR count). The van der Waals surface area contributed by atoms with Crippen LogP contribution in [0.1, 0.15) is 32.1 Å². The minimum absolute atomic E-state index is 0.00587. The Labute approximate surface area is 185 Å². The van der Waals surface area contributed by atoms with Crippen molar-refractivity contribution in [2.75, 3.05) is 65.4 Å². The van der Waals surface area contributed by atoms with E-state index in [-0.39, 0.29) is 24.6 Å². The van der Waals surface area contributed by atoms with Crippen molar-refractivity contribution >= 4 is 17.6 Å². The third kappa shape index (κ3) is 6.83. The Balaban J connectivity index is 1.56. The van der Waals surface area contributed by atoms with Crippen molar-refractivity contribution in [1.82, 2.24) is 14.7 Å². The lowest BCUT2D eigenvalue weighted by Gasteiger charge is -2.39. The molecule has 1 atom stereocenters. The standard InChI is InChI=1S/C23H36N4O4/c1-30-18-22(28)27(16-6-14-25-12-3-4-13-25)20-7-5-15-26(17-20)23(29)24-19-8-10-21(31-2)11-9-19/h8-11,20H,3-7,12-18H2,1-2H3,(H,24,29). The van der Waals surface area contributed by atoms with E-state index >= 15 is 0 Å². The van der Waals surface area contributed by atoms with Gasteiger partial charge >= 0.3 is 6.03 Å². The maximum atomic E-state index is 12.8. The van der Waals surface area contributed by atoms with Gasteiger partial charge in [0.2, 0.25) is 5.91 Å². The summed E-state index contributed by atoms with van der Waals surface area (Å²) >= 11 is 0. The van der Waals surface area contributed by atoms with E-state index in [1.54, 1.807) is 14.2 Å². The van der Waals surface area contributed by atoms with Crippen molar-refractivity contribution in [2.24, 2.45) is 0 Å². The molecule has 0 bridgehead atoms. The smallest absolute Gasteiger partial charge is 0.321 e. The van der Waals surface area contributed by atoms with Crippen LogP contribution < -0.4 is 10.1 Å². The second kappa shape index (κ2) is 11.9. The van der Waals surface area contributed by atoms with E-state index in [0.29, 0.717) is 19.6 Å². The number of anilines is 1. The molecule has 1 unspecified atom stereocenters. The number of hydrogen-bond donors (Lipinski definition) is 1. The molecular weight excluding hydrogens is 396 g/mol. The van der Waals surface area contributed by atoms with Gasteiger partial charge in [-0.05, 0) is 76.0 Å². The van der Waals surface area contributed by atoms with Gasteiger partial charge in [-0.1, -0.05) is 0 Å². The van der Waals surface area contributed by atoms with Crippen molar-refractivity contribution in [2.45, 2.75) is 38.1 Å². The highest BCUT2D eigenvalue weighted by atomic mass is 16.5. The number of piperidine rings is 1. The summed E-state index contributed by atoms with van der Waals surface area (Å²) in [5.74, 6) is 0.753. The maximum absolute atomic E-state index is 12.8. The van der Waals surface area contributed by atoms with E-state index in [2.05, 4.69) is 10.2 Å². The molecule has 1 aromatic carbocycles. The van der Waals surface area contributed by atoms with Crippen LogP contribution in [0.2, 0.25) is 0 Å². The Bertz CT molecular complexity index is 706. The average molecular weight is 433 g/mol. The first-order valence-corrected chi connectivity index (χ1v) is 11.3. The van der Waals surface area contributed by atoms with Gasteiger partial charge in [0.15, 0.2) is 0 Å². The SMILES string of the molecule is COCC(=O)N(CCCN1CCCC1)C1CCCN(C(=O)Nc2ccc(OC)cc2)C1. The number of urea groups is 1. The molecule has 8 nitrogen and oxygen atoms in total. The number of rotatable bonds is 9. The third-order valence-corrected chi connectivity index (χ3v) is 6.13. The topological polar surface area (TPSA) is 74.4 Å². The van der Waals surface area contributed by atoms with Gasteiger partial charge in [-0.25, -0.2) is 4.79 Å². The van der Waals surface area contributed by atoms with Gasteiger partial charge in [0, 0.05) is 38.5 Å². The number of carbonyl (C=O) groups is 2. The molecule has 2 saturated heterocycles. The summed E-state index contributed by atoms with van der Waals surface area (Å²) in [6, 6.07) is 7.18. The van der Waals surface area contributed by atoms with Crippen molar-refractivity contribution < 1.29 is 19.1 Å². The lowest BCUT2D eigenvalue weighted by atomic mass is 10.0. The van der Waals surface area contributed by atoms with Crippen LogP contribution in [-0.2, 0) is 9.53 Å². The molecule has 0 spiro atoms. The zero-order valence-electron chi connectivity index (χ0n) is 18.8. The summed E-state index contributed by atoms with van der Waals surface area (Å²) in [5, 5.41) is 2.95. The van der Waals surface area contributed by atoms with Crippen molar-refractivity contribution in [3.63, 3.8) is 0 Å². The fourth-order valence-corrected chi connectivity index (χ4v) is 4.46. The van der Waals surface area contributed by atoms with E-state index in [0.717, 1.165) is 50.3 Å². The molecule has 172 valence electrons. The van der Waals surface area contributed by atoms with E-state index in [1.165, 1.54) is 12.8 Å². The minimum Gasteiger partial charge on any atom is -0.497 e. The van der Waals surface area contributed by atoms with Crippen LogP contribution in [0, 0.1) is 0 Å². The largest absolute Gasteiger partial charge is 0.497 e. The Hall–Kier alpha value is -2.32. The summed E-state index contributed by atoms with van der Waals surface area (Å²) in [5.41, 5.74) is 0.728. The molecule has 0 aromatic heterocycles. The van der Waals surface area contributed by atoms with Gasteiger partial charge in [0.05, 0.1) is 7.11 Å². The number of methoxy groups -OCH3 is 2.